The summed E-state index contributed by atoms with van der Waals surface area (Å²) in [6.45, 7) is 4.97. The van der Waals surface area contributed by atoms with Crippen molar-refractivity contribution >= 4 is 17.4 Å². The maximum absolute atomic E-state index is 12.0. The van der Waals surface area contributed by atoms with Crippen LogP contribution in [0.15, 0.2) is 11.7 Å². The van der Waals surface area contributed by atoms with Crippen molar-refractivity contribution in [2.75, 3.05) is 19.6 Å². The molecule has 0 spiro atoms. The zero-order valence-electron chi connectivity index (χ0n) is 10.6. The van der Waals surface area contributed by atoms with Gasteiger partial charge in [0.2, 0.25) is 0 Å². The van der Waals surface area contributed by atoms with Crippen LogP contribution in [0.25, 0.3) is 0 Å². The van der Waals surface area contributed by atoms with Gasteiger partial charge in [0, 0.05) is 18.8 Å². The van der Waals surface area contributed by atoms with Crippen molar-refractivity contribution < 1.29 is 9.53 Å². The minimum Gasteiger partial charge on any atom is -0.444 e. The SMILES string of the molecule is CCN(C(=O)OCc1cncs1)C1CCNCC1. The molecule has 0 unspecified atom stereocenters. The number of carbonyl (C=O) groups excluding carboxylic acids is 1. The number of hydrogen-bond donors (Lipinski definition) is 1. The van der Waals surface area contributed by atoms with Crippen LogP contribution in [0.5, 0.6) is 0 Å². The van der Waals surface area contributed by atoms with Gasteiger partial charge in [0.15, 0.2) is 0 Å². The lowest BCUT2D eigenvalue weighted by molar-refractivity contribution is 0.0766. The number of carbonyl (C=O) groups is 1. The van der Waals surface area contributed by atoms with Gasteiger partial charge in [-0.05, 0) is 32.9 Å². The molecule has 1 aromatic heterocycles. The quantitative estimate of drug-likeness (QED) is 0.906. The maximum atomic E-state index is 12.0. The van der Waals surface area contributed by atoms with Crippen LogP contribution in [-0.4, -0.2) is 41.7 Å². The average molecular weight is 269 g/mol. The third-order valence-electron chi connectivity index (χ3n) is 3.15. The monoisotopic (exact) mass is 269 g/mol. The highest BCUT2D eigenvalue weighted by molar-refractivity contribution is 7.09. The number of thiazole rings is 1. The fourth-order valence-corrected chi connectivity index (χ4v) is 2.69. The minimum absolute atomic E-state index is 0.210. The molecule has 1 saturated heterocycles. The molecule has 0 aliphatic carbocycles. The fraction of sp³-hybridized carbons (Fsp3) is 0.667. The second kappa shape index (κ2) is 6.70. The van der Waals surface area contributed by atoms with Crippen molar-refractivity contribution in [3.05, 3.63) is 16.6 Å². The van der Waals surface area contributed by atoms with Crippen LogP contribution in [0.3, 0.4) is 0 Å². The summed E-state index contributed by atoms with van der Waals surface area (Å²) in [5, 5.41) is 3.30. The summed E-state index contributed by atoms with van der Waals surface area (Å²) in [5.74, 6) is 0. The minimum atomic E-state index is -0.210. The van der Waals surface area contributed by atoms with Gasteiger partial charge in [-0.15, -0.1) is 11.3 Å². The number of rotatable bonds is 4. The Morgan fingerprint density at radius 1 is 1.61 bits per heavy atom. The zero-order valence-corrected chi connectivity index (χ0v) is 11.4. The highest BCUT2D eigenvalue weighted by Gasteiger charge is 2.24. The van der Waals surface area contributed by atoms with E-state index in [1.54, 1.807) is 11.7 Å². The number of hydrogen-bond acceptors (Lipinski definition) is 5. The van der Waals surface area contributed by atoms with Crippen LogP contribution < -0.4 is 5.32 Å². The van der Waals surface area contributed by atoms with E-state index in [1.807, 2.05) is 11.8 Å². The molecular weight excluding hydrogens is 250 g/mol. The van der Waals surface area contributed by atoms with E-state index in [0.29, 0.717) is 19.2 Å². The Morgan fingerprint density at radius 3 is 3.00 bits per heavy atom. The van der Waals surface area contributed by atoms with Gasteiger partial charge in [-0.25, -0.2) is 4.79 Å². The van der Waals surface area contributed by atoms with Crippen molar-refractivity contribution in [1.29, 1.82) is 0 Å². The van der Waals surface area contributed by atoms with Gasteiger partial charge in [0.05, 0.1) is 10.4 Å². The molecular formula is C12H19N3O2S. The zero-order chi connectivity index (χ0) is 12.8. The van der Waals surface area contributed by atoms with Crippen molar-refractivity contribution in [2.24, 2.45) is 0 Å². The first-order valence-corrected chi connectivity index (χ1v) is 7.20. The van der Waals surface area contributed by atoms with E-state index in [9.17, 15) is 4.79 Å². The Balaban J connectivity index is 1.84. The second-order valence-corrected chi connectivity index (χ2v) is 5.26. The first-order valence-electron chi connectivity index (χ1n) is 6.32. The molecule has 5 nitrogen and oxygen atoms in total. The number of nitrogens with one attached hydrogen (secondary N) is 1. The predicted molar refractivity (Wildman–Crippen MR) is 70.6 cm³/mol. The number of piperidine rings is 1. The first kappa shape index (κ1) is 13.3. The predicted octanol–water partition coefficient (Wildman–Crippen LogP) is 1.85. The van der Waals surface area contributed by atoms with Gasteiger partial charge in [-0.2, -0.15) is 0 Å². The van der Waals surface area contributed by atoms with Gasteiger partial charge >= 0.3 is 6.09 Å². The van der Waals surface area contributed by atoms with E-state index in [4.69, 9.17) is 4.74 Å². The molecule has 1 amide bonds. The lowest BCUT2D eigenvalue weighted by Crippen LogP contribution is -2.46. The fourth-order valence-electron chi connectivity index (χ4n) is 2.18. The van der Waals surface area contributed by atoms with E-state index in [1.165, 1.54) is 11.3 Å². The lowest BCUT2D eigenvalue weighted by Gasteiger charge is -2.33. The summed E-state index contributed by atoms with van der Waals surface area (Å²) in [7, 11) is 0. The van der Waals surface area contributed by atoms with Crippen LogP contribution in [0, 0.1) is 0 Å². The normalized spacial score (nSPS) is 16.5. The third kappa shape index (κ3) is 3.43. The standard InChI is InChI=1S/C12H19N3O2S/c1-2-15(10-3-5-13-6-4-10)12(16)17-8-11-7-14-9-18-11/h7,9-10,13H,2-6,8H2,1H3. The molecule has 2 rings (SSSR count). The van der Waals surface area contributed by atoms with Gasteiger partial charge in [-0.3, -0.25) is 4.98 Å². The molecule has 0 saturated carbocycles. The van der Waals surface area contributed by atoms with Crippen molar-refractivity contribution in [2.45, 2.75) is 32.4 Å². The van der Waals surface area contributed by atoms with Crippen molar-refractivity contribution in [3.63, 3.8) is 0 Å². The molecule has 0 aromatic carbocycles. The molecule has 1 aromatic rings. The van der Waals surface area contributed by atoms with Crippen molar-refractivity contribution in [3.8, 4) is 0 Å². The second-order valence-electron chi connectivity index (χ2n) is 4.29. The number of nitrogens with zero attached hydrogens (tertiary/aromatic N) is 2. The first-order chi connectivity index (χ1) is 8.81. The Morgan fingerprint density at radius 2 is 2.39 bits per heavy atom. The lowest BCUT2D eigenvalue weighted by atomic mass is 10.1. The summed E-state index contributed by atoms with van der Waals surface area (Å²) < 4.78 is 5.33. The number of aromatic nitrogens is 1. The maximum Gasteiger partial charge on any atom is 0.410 e. The molecule has 0 bridgehead atoms. The van der Waals surface area contributed by atoms with Gasteiger partial charge in [-0.1, -0.05) is 0 Å². The molecule has 2 heterocycles. The summed E-state index contributed by atoms with van der Waals surface area (Å²) in [6, 6.07) is 0.310. The van der Waals surface area contributed by atoms with Crippen LogP contribution in [0.2, 0.25) is 0 Å². The summed E-state index contributed by atoms with van der Waals surface area (Å²) in [6.07, 6.45) is 3.53. The van der Waals surface area contributed by atoms with Gasteiger partial charge < -0.3 is 15.0 Å². The van der Waals surface area contributed by atoms with Crippen LogP contribution >= 0.6 is 11.3 Å². The molecule has 0 atom stereocenters. The summed E-state index contributed by atoms with van der Waals surface area (Å²) in [5.41, 5.74) is 1.74. The molecule has 6 heteroatoms. The van der Waals surface area contributed by atoms with Gasteiger partial charge in [0.25, 0.3) is 0 Å². The molecule has 0 radical (unpaired) electrons. The highest BCUT2D eigenvalue weighted by Crippen LogP contribution is 2.14. The molecule has 1 fully saturated rings. The Hall–Kier alpha value is -1.14. The Labute approximate surface area is 111 Å². The summed E-state index contributed by atoms with van der Waals surface area (Å²) in [4.78, 5) is 18.8. The molecule has 1 aliphatic rings. The summed E-state index contributed by atoms with van der Waals surface area (Å²) >= 11 is 1.50. The van der Waals surface area contributed by atoms with Crippen LogP contribution in [0.1, 0.15) is 24.6 Å². The van der Waals surface area contributed by atoms with E-state index in [0.717, 1.165) is 30.8 Å². The average Bonchev–Trinajstić information content (AvgIpc) is 2.92. The highest BCUT2D eigenvalue weighted by atomic mass is 32.1. The number of ether oxygens (including phenoxy) is 1. The van der Waals surface area contributed by atoms with E-state index in [2.05, 4.69) is 10.3 Å². The van der Waals surface area contributed by atoms with Crippen LogP contribution in [0.4, 0.5) is 4.79 Å². The third-order valence-corrected chi connectivity index (χ3v) is 3.90. The Bertz CT molecular complexity index is 363. The topological polar surface area (TPSA) is 54.5 Å². The van der Waals surface area contributed by atoms with E-state index < -0.39 is 0 Å². The molecule has 1 N–H and O–H groups in total. The number of amides is 1. The van der Waals surface area contributed by atoms with Crippen LogP contribution in [-0.2, 0) is 11.3 Å². The smallest absolute Gasteiger partial charge is 0.410 e. The van der Waals surface area contributed by atoms with Gasteiger partial charge in [0.1, 0.15) is 6.61 Å². The molecule has 18 heavy (non-hydrogen) atoms. The van der Waals surface area contributed by atoms with Crippen molar-refractivity contribution in [1.82, 2.24) is 15.2 Å². The molecule has 1 aliphatic heterocycles. The molecule has 100 valence electrons. The largest absolute Gasteiger partial charge is 0.444 e. The Kier molecular flexibility index (Phi) is 4.95. The van der Waals surface area contributed by atoms with E-state index >= 15 is 0 Å². The van der Waals surface area contributed by atoms with E-state index in [-0.39, 0.29) is 6.09 Å².